The van der Waals surface area contributed by atoms with Crippen LogP contribution >= 0.6 is 0 Å². The molecule has 3 aromatic heterocycles. The molecular formula is C19H18N4O4. The average molecular weight is 366 g/mol. The standard InChI is InChI=1S/C19H18N4O4/c24-17-8-16(27-23-17)15-9-22-19(10-21-15)26-14-5-12(6-14)11-3-4-20-18(7-11)25-13-1-2-13/h3-4,7-10,12-14H,1-2,5-6H2,(H,23,24)/t12-,14+. The van der Waals surface area contributed by atoms with Gasteiger partial charge >= 0.3 is 0 Å². The summed E-state index contributed by atoms with van der Waals surface area (Å²) in [6.45, 7) is 0. The molecule has 1 N–H and O–H groups in total. The van der Waals surface area contributed by atoms with Crippen LogP contribution in [0.1, 0.15) is 37.2 Å². The summed E-state index contributed by atoms with van der Waals surface area (Å²) in [4.78, 5) is 12.8. The Morgan fingerprint density at radius 3 is 2.52 bits per heavy atom. The normalized spacial score (nSPS) is 21.5. The van der Waals surface area contributed by atoms with Gasteiger partial charge in [-0.1, -0.05) is 0 Å². The minimum absolute atomic E-state index is 0.116. The number of rotatable bonds is 6. The minimum atomic E-state index is -0.186. The summed E-state index contributed by atoms with van der Waals surface area (Å²) in [6.07, 6.45) is 9.47. The van der Waals surface area contributed by atoms with E-state index in [0.717, 1.165) is 31.6 Å². The second-order valence-electron chi connectivity index (χ2n) is 6.94. The van der Waals surface area contributed by atoms with Crippen LogP contribution in [-0.4, -0.2) is 37.4 Å². The van der Waals surface area contributed by atoms with Crippen LogP contribution in [0.2, 0.25) is 0 Å². The van der Waals surface area contributed by atoms with Crippen molar-refractivity contribution in [3.8, 4) is 29.1 Å². The molecule has 2 aliphatic rings. The first kappa shape index (κ1) is 16.0. The third kappa shape index (κ3) is 3.55. The number of nitrogens with zero attached hydrogens (tertiary/aromatic N) is 4. The van der Waals surface area contributed by atoms with Gasteiger partial charge in [-0.15, -0.1) is 0 Å². The van der Waals surface area contributed by atoms with Crippen LogP contribution in [0.5, 0.6) is 17.6 Å². The smallest absolute Gasteiger partial charge is 0.252 e. The summed E-state index contributed by atoms with van der Waals surface area (Å²) in [5.74, 6) is 1.81. The molecule has 0 radical (unpaired) electrons. The van der Waals surface area contributed by atoms with Crippen molar-refractivity contribution < 1.29 is 19.1 Å². The molecule has 0 unspecified atom stereocenters. The van der Waals surface area contributed by atoms with Crippen LogP contribution in [0, 0.1) is 0 Å². The van der Waals surface area contributed by atoms with Crippen molar-refractivity contribution in [2.45, 2.75) is 43.8 Å². The highest BCUT2D eigenvalue weighted by Gasteiger charge is 2.33. The fraction of sp³-hybridized carbons (Fsp3) is 0.368. The Balaban J connectivity index is 1.17. The van der Waals surface area contributed by atoms with Crippen LogP contribution in [0.4, 0.5) is 0 Å². The highest BCUT2D eigenvalue weighted by atomic mass is 16.5. The summed E-state index contributed by atoms with van der Waals surface area (Å²) in [5, 5.41) is 12.6. The van der Waals surface area contributed by atoms with Gasteiger partial charge in [-0.25, -0.2) is 15.0 Å². The number of aromatic hydroxyl groups is 1. The molecule has 0 amide bonds. The van der Waals surface area contributed by atoms with Crippen LogP contribution < -0.4 is 9.47 Å². The number of pyridine rings is 1. The molecule has 0 saturated heterocycles. The molecule has 0 spiro atoms. The summed E-state index contributed by atoms with van der Waals surface area (Å²) in [5.41, 5.74) is 1.73. The largest absolute Gasteiger partial charge is 0.491 e. The number of hydrogen-bond acceptors (Lipinski definition) is 8. The molecule has 138 valence electrons. The van der Waals surface area contributed by atoms with Gasteiger partial charge in [0.1, 0.15) is 17.9 Å². The Morgan fingerprint density at radius 1 is 0.963 bits per heavy atom. The first-order valence-corrected chi connectivity index (χ1v) is 9.00. The van der Waals surface area contributed by atoms with Crippen molar-refractivity contribution in [2.75, 3.05) is 0 Å². The summed E-state index contributed by atoms with van der Waals surface area (Å²) < 4.78 is 16.6. The van der Waals surface area contributed by atoms with Gasteiger partial charge in [0.25, 0.3) is 5.88 Å². The van der Waals surface area contributed by atoms with Crippen LogP contribution in [0.25, 0.3) is 11.5 Å². The predicted molar refractivity (Wildman–Crippen MR) is 93.5 cm³/mol. The van der Waals surface area contributed by atoms with E-state index >= 15 is 0 Å². The van der Waals surface area contributed by atoms with Gasteiger partial charge in [-0.05, 0) is 48.4 Å². The second-order valence-corrected chi connectivity index (χ2v) is 6.94. The van der Waals surface area contributed by atoms with Crippen LogP contribution in [0.3, 0.4) is 0 Å². The molecule has 0 aromatic carbocycles. The molecule has 8 heteroatoms. The highest BCUT2D eigenvalue weighted by Crippen LogP contribution is 2.40. The third-order valence-corrected chi connectivity index (χ3v) is 4.80. The van der Waals surface area contributed by atoms with Gasteiger partial charge in [-0.2, -0.15) is 0 Å². The zero-order valence-electron chi connectivity index (χ0n) is 14.5. The Bertz CT molecular complexity index is 933. The lowest BCUT2D eigenvalue weighted by molar-refractivity contribution is 0.0929. The highest BCUT2D eigenvalue weighted by molar-refractivity contribution is 5.51. The zero-order valence-corrected chi connectivity index (χ0v) is 14.5. The Kier molecular flexibility index (Phi) is 3.88. The van der Waals surface area contributed by atoms with Gasteiger partial charge in [0.2, 0.25) is 11.8 Å². The van der Waals surface area contributed by atoms with E-state index in [0.29, 0.717) is 29.4 Å². The lowest BCUT2D eigenvalue weighted by atomic mass is 9.78. The molecule has 0 aliphatic heterocycles. The Labute approximate surface area is 155 Å². The lowest BCUT2D eigenvalue weighted by Gasteiger charge is -2.35. The number of hydrogen-bond donors (Lipinski definition) is 1. The first-order chi connectivity index (χ1) is 13.2. The molecule has 3 heterocycles. The maximum Gasteiger partial charge on any atom is 0.252 e. The van der Waals surface area contributed by atoms with Gasteiger partial charge in [0.05, 0.1) is 18.5 Å². The molecule has 2 aliphatic carbocycles. The average Bonchev–Trinajstić information content (AvgIpc) is 3.36. The van der Waals surface area contributed by atoms with Crippen LogP contribution in [0.15, 0.2) is 41.3 Å². The second kappa shape index (κ2) is 6.53. The fourth-order valence-electron chi connectivity index (χ4n) is 3.10. The Morgan fingerprint density at radius 2 is 1.81 bits per heavy atom. The van der Waals surface area contributed by atoms with Crippen molar-refractivity contribution in [1.82, 2.24) is 20.1 Å². The molecule has 2 fully saturated rings. The zero-order chi connectivity index (χ0) is 18.2. The first-order valence-electron chi connectivity index (χ1n) is 9.00. The van der Waals surface area contributed by atoms with Gasteiger partial charge in [0.15, 0.2) is 5.76 Å². The fourth-order valence-corrected chi connectivity index (χ4v) is 3.10. The monoisotopic (exact) mass is 366 g/mol. The molecule has 5 rings (SSSR count). The number of aromatic nitrogens is 4. The van der Waals surface area contributed by atoms with Crippen molar-refractivity contribution in [3.05, 3.63) is 42.4 Å². The summed E-state index contributed by atoms with van der Waals surface area (Å²) in [6, 6.07) is 5.47. The van der Waals surface area contributed by atoms with Crippen LogP contribution in [-0.2, 0) is 0 Å². The quantitative estimate of drug-likeness (QED) is 0.710. The van der Waals surface area contributed by atoms with E-state index in [2.05, 4.69) is 20.1 Å². The third-order valence-electron chi connectivity index (χ3n) is 4.80. The minimum Gasteiger partial charge on any atom is -0.491 e. The molecule has 0 atom stereocenters. The molecule has 8 nitrogen and oxygen atoms in total. The van der Waals surface area contributed by atoms with Crippen molar-refractivity contribution in [2.24, 2.45) is 0 Å². The van der Waals surface area contributed by atoms with E-state index < -0.39 is 0 Å². The molecule has 2 saturated carbocycles. The number of ether oxygens (including phenoxy) is 2. The SMILES string of the molecule is Oc1cc(-c2cnc(O[C@H]3C[C@@H](c4ccnc(OC5CC5)c4)C3)cn2)on1. The summed E-state index contributed by atoms with van der Waals surface area (Å²) in [7, 11) is 0. The maximum absolute atomic E-state index is 9.22. The van der Waals surface area contributed by atoms with E-state index in [1.165, 1.54) is 17.8 Å². The lowest BCUT2D eigenvalue weighted by Crippen LogP contribution is -2.32. The van der Waals surface area contributed by atoms with Crippen molar-refractivity contribution >= 4 is 0 Å². The van der Waals surface area contributed by atoms with E-state index in [4.69, 9.17) is 14.0 Å². The molecule has 27 heavy (non-hydrogen) atoms. The van der Waals surface area contributed by atoms with Gasteiger partial charge in [0, 0.05) is 12.3 Å². The van der Waals surface area contributed by atoms with E-state index in [-0.39, 0.29) is 12.0 Å². The summed E-state index contributed by atoms with van der Waals surface area (Å²) >= 11 is 0. The maximum atomic E-state index is 9.22. The van der Waals surface area contributed by atoms with E-state index in [1.807, 2.05) is 18.3 Å². The van der Waals surface area contributed by atoms with Crippen molar-refractivity contribution in [3.63, 3.8) is 0 Å². The molecule has 3 aromatic rings. The van der Waals surface area contributed by atoms with E-state index in [1.54, 1.807) is 6.20 Å². The Hall–Kier alpha value is -3.16. The van der Waals surface area contributed by atoms with Gasteiger partial charge < -0.3 is 19.1 Å². The molecular weight excluding hydrogens is 348 g/mol. The topological polar surface area (TPSA) is 103 Å². The van der Waals surface area contributed by atoms with Crippen molar-refractivity contribution in [1.29, 1.82) is 0 Å². The van der Waals surface area contributed by atoms with E-state index in [9.17, 15) is 5.11 Å². The molecule has 0 bridgehead atoms. The van der Waals surface area contributed by atoms with Gasteiger partial charge in [-0.3, -0.25) is 0 Å². The predicted octanol–water partition coefficient (Wildman–Crippen LogP) is 3.10.